The molecule has 0 unspecified atom stereocenters. The van der Waals surface area contributed by atoms with Crippen LogP contribution in [0.5, 0.6) is 0 Å². The van der Waals surface area contributed by atoms with Crippen LogP contribution in [0.2, 0.25) is 0 Å². The molecule has 0 aliphatic heterocycles. The third-order valence-electron chi connectivity index (χ3n) is 2.13. The predicted molar refractivity (Wildman–Crippen MR) is 68.5 cm³/mol. The Balaban J connectivity index is 2.26. The molecule has 0 amide bonds. The van der Waals surface area contributed by atoms with Gasteiger partial charge in [0.2, 0.25) is 0 Å². The maximum Gasteiger partial charge on any atom is 0.147 e. The smallest absolute Gasteiger partial charge is 0.147 e. The second kappa shape index (κ2) is 4.90. The fourth-order valence-corrected chi connectivity index (χ4v) is 2.89. The molecule has 80 valence electrons. The summed E-state index contributed by atoms with van der Waals surface area (Å²) >= 11 is 5.14. The van der Waals surface area contributed by atoms with E-state index in [1.165, 1.54) is 6.42 Å². The number of nitrogens with one attached hydrogen (secondary N) is 1. The minimum Gasteiger partial charge on any atom is -0.369 e. The van der Waals surface area contributed by atoms with Crippen LogP contribution in [-0.2, 0) is 0 Å². The van der Waals surface area contributed by atoms with Gasteiger partial charge in [-0.3, -0.25) is 0 Å². The van der Waals surface area contributed by atoms with Crippen LogP contribution >= 0.6 is 27.3 Å². The highest BCUT2D eigenvalue weighted by Gasteiger charge is 2.07. The first-order valence-corrected chi connectivity index (χ1v) is 6.61. The highest BCUT2D eigenvalue weighted by Crippen LogP contribution is 2.32. The van der Waals surface area contributed by atoms with Gasteiger partial charge in [0.05, 0.1) is 9.17 Å². The van der Waals surface area contributed by atoms with Crippen LogP contribution in [0.1, 0.15) is 19.8 Å². The van der Waals surface area contributed by atoms with E-state index < -0.39 is 0 Å². The van der Waals surface area contributed by atoms with Gasteiger partial charge in [0.25, 0.3) is 0 Å². The van der Waals surface area contributed by atoms with Crippen LogP contribution in [0.25, 0.3) is 10.2 Å². The average Bonchev–Trinajstić information content (AvgIpc) is 2.62. The van der Waals surface area contributed by atoms with E-state index in [1.54, 1.807) is 17.7 Å². The first-order chi connectivity index (χ1) is 7.33. The standard InChI is InChI=1S/C10H12BrN3S/c1-2-3-4-12-10-9-8(13-6-14-10)7(11)5-15-9/h5-6H,2-4H2,1H3,(H,12,13,14). The van der Waals surface area contributed by atoms with Crippen molar-refractivity contribution in [2.75, 3.05) is 11.9 Å². The minimum atomic E-state index is 0.948. The van der Waals surface area contributed by atoms with Gasteiger partial charge < -0.3 is 5.32 Å². The zero-order valence-corrected chi connectivity index (χ0v) is 10.9. The maximum atomic E-state index is 4.26. The Kier molecular flexibility index (Phi) is 3.53. The molecule has 0 saturated heterocycles. The molecular formula is C10H12BrN3S. The molecule has 0 bridgehead atoms. The van der Waals surface area contributed by atoms with Crippen LogP contribution in [0.3, 0.4) is 0 Å². The molecule has 0 aromatic carbocycles. The molecule has 3 nitrogen and oxygen atoms in total. The summed E-state index contributed by atoms with van der Waals surface area (Å²) in [5.74, 6) is 0.948. The number of halogens is 1. The van der Waals surface area contributed by atoms with E-state index in [-0.39, 0.29) is 0 Å². The van der Waals surface area contributed by atoms with E-state index in [9.17, 15) is 0 Å². The predicted octanol–water partition coefficient (Wildman–Crippen LogP) is 3.67. The Morgan fingerprint density at radius 3 is 3.13 bits per heavy atom. The Labute approximate surface area is 101 Å². The van der Waals surface area contributed by atoms with E-state index in [0.717, 1.165) is 33.5 Å². The van der Waals surface area contributed by atoms with Crippen molar-refractivity contribution in [3.05, 3.63) is 16.2 Å². The molecule has 0 fully saturated rings. The van der Waals surface area contributed by atoms with E-state index >= 15 is 0 Å². The number of thiophene rings is 1. The Bertz CT molecular complexity index is 455. The Morgan fingerprint density at radius 2 is 2.33 bits per heavy atom. The number of fused-ring (bicyclic) bond motifs is 1. The lowest BCUT2D eigenvalue weighted by Crippen LogP contribution is -2.02. The summed E-state index contributed by atoms with van der Waals surface area (Å²) in [6, 6.07) is 0. The zero-order chi connectivity index (χ0) is 10.7. The summed E-state index contributed by atoms with van der Waals surface area (Å²) in [5.41, 5.74) is 0.994. The molecule has 0 saturated carbocycles. The molecule has 2 rings (SSSR count). The second-order valence-corrected chi connectivity index (χ2v) is 5.00. The highest BCUT2D eigenvalue weighted by atomic mass is 79.9. The highest BCUT2D eigenvalue weighted by molar-refractivity contribution is 9.10. The van der Waals surface area contributed by atoms with Gasteiger partial charge in [-0.2, -0.15) is 0 Å². The van der Waals surface area contributed by atoms with E-state index in [0.29, 0.717) is 0 Å². The van der Waals surface area contributed by atoms with Crippen molar-refractivity contribution in [3.63, 3.8) is 0 Å². The Hall–Kier alpha value is -0.680. The molecule has 2 heterocycles. The van der Waals surface area contributed by atoms with Gasteiger partial charge >= 0.3 is 0 Å². The molecule has 1 N–H and O–H groups in total. The van der Waals surface area contributed by atoms with Gasteiger partial charge in [0.15, 0.2) is 0 Å². The van der Waals surface area contributed by atoms with Crippen molar-refractivity contribution in [2.45, 2.75) is 19.8 Å². The number of hydrogen-bond donors (Lipinski definition) is 1. The van der Waals surface area contributed by atoms with Crippen LogP contribution in [-0.4, -0.2) is 16.5 Å². The van der Waals surface area contributed by atoms with E-state index in [1.807, 2.05) is 5.38 Å². The summed E-state index contributed by atoms with van der Waals surface area (Å²) < 4.78 is 2.17. The van der Waals surface area contributed by atoms with Crippen molar-refractivity contribution in [2.24, 2.45) is 0 Å². The number of rotatable bonds is 4. The third-order valence-corrected chi connectivity index (χ3v) is 4.02. The van der Waals surface area contributed by atoms with Gasteiger partial charge in [-0.1, -0.05) is 13.3 Å². The number of anilines is 1. The van der Waals surface area contributed by atoms with Crippen molar-refractivity contribution >= 4 is 43.3 Å². The number of nitrogens with zero attached hydrogens (tertiary/aromatic N) is 2. The average molecular weight is 286 g/mol. The van der Waals surface area contributed by atoms with E-state index in [4.69, 9.17) is 0 Å². The topological polar surface area (TPSA) is 37.8 Å². The van der Waals surface area contributed by atoms with Gasteiger partial charge in [-0.05, 0) is 22.4 Å². The molecule has 0 spiro atoms. The quantitative estimate of drug-likeness (QED) is 0.871. The number of aromatic nitrogens is 2. The molecule has 0 atom stereocenters. The Morgan fingerprint density at radius 1 is 1.47 bits per heavy atom. The van der Waals surface area contributed by atoms with Crippen LogP contribution in [0.15, 0.2) is 16.2 Å². The van der Waals surface area contributed by atoms with Crippen molar-refractivity contribution < 1.29 is 0 Å². The molecular weight excluding hydrogens is 274 g/mol. The summed E-state index contributed by atoms with van der Waals surface area (Å²) in [7, 11) is 0. The molecule has 15 heavy (non-hydrogen) atoms. The summed E-state index contributed by atoms with van der Waals surface area (Å²) in [6.07, 6.45) is 3.96. The summed E-state index contributed by atoms with van der Waals surface area (Å²) in [4.78, 5) is 8.50. The van der Waals surface area contributed by atoms with Crippen LogP contribution in [0.4, 0.5) is 5.82 Å². The van der Waals surface area contributed by atoms with Gasteiger partial charge in [-0.15, -0.1) is 11.3 Å². The van der Waals surface area contributed by atoms with Gasteiger partial charge in [0.1, 0.15) is 17.7 Å². The first-order valence-electron chi connectivity index (χ1n) is 4.94. The van der Waals surface area contributed by atoms with Crippen molar-refractivity contribution in [3.8, 4) is 0 Å². The lowest BCUT2D eigenvalue weighted by Gasteiger charge is -2.04. The van der Waals surface area contributed by atoms with Crippen molar-refractivity contribution in [1.82, 2.24) is 9.97 Å². The molecule has 2 aromatic heterocycles. The summed E-state index contributed by atoms with van der Waals surface area (Å²) in [5, 5.41) is 5.39. The van der Waals surface area contributed by atoms with E-state index in [2.05, 4.69) is 38.1 Å². The molecule has 0 aliphatic rings. The van der Waals surface area contributed by atoms with Gasteiger partial charge in [-0.25, -0.2) is 9.97 Å². The lowest BCUT2D eigenvalue weighted by atomic mass is 10.3. The number of unbranched alkanes of at least 4 members (excludes halogenated alkanes) is 1. The third kappa shape index (κ3) is 2.29. The maximum absolute atomic E-state index is 4.26. The minimum absolute atomic E-state index is 0.948. The van der Waals surface area contributed by atoms with Gasteiger partial charge in [0, 0.05) is 11.9 Å². The lowest BCUT2D eigenvalue weighted by molar-refractivity contribution is 0.832. The second-order valence-electron chi connectivity index (χ2n) is 3.26. The normalized spacial score (nSPS) is 10.8. The largest absolute Gasteiger partial charge is 0.369 e. The molecule has 0 radical (unpaired) electrons. The molecule has 5 heteroatoms. The van der Waals surface area contributed by atoms with Crippen molar-refractivity contribution in [1.29, 1.82) is 0 Å². The number of hydrogen-bond acceptors (Lipinski definition) is 4. The molecule has 0 aliphatic carbocycles. The monoisotopic (exact) mass is 285 g/mol. The SMILES string of the molecule is CCCCNc1ncnc2c(Br)csc12. The first kappa shape index (κ1) is 10.8. The fourth-order valence-electron chi connectivity index (χ4n) is 1.33. The van der Waals surface area contributed by atoms with Crippen LogP contribution < -0.4 is 5.32 Å². The summed E-state index contributed by atoms with van der Waals surface area (Å²) in [6.45, 7) is 3.15. The zero-order valence-electron chi connectivity index (χ0n) is 8.46. The molecule has 2 aromatic rings. The fraction of sp³-hybridized carbons (Fsp3) is 0.400. The van der Waals surface area contributed by atoms with Crippen LogP contribution in [0, 0.1) is 0 Å².